The second-order valence-electron chi connectivity index (χ2n) is 3.94. The first-order valence-corrected chi connectivity index (χ1v) is 3.72. The van der Waals surface area contributed by atoms with Gasteiger partial charge in [0, 0.05) is 11.1 Å². The lowest BCUT2D eigenvalue weighted by atomic mass is 9.90. The maximum atomic E-state index is 4.41. The van der Waals surface area contributed by atoms with E-state index in [0.29, 0.717) is 0 Å². The van der Waals surface area contributed by atoms with Crippen LogP contribution in [0.4, 0.5) is 0 Å². The van der Waals surface area contributed by atoms with E-state index < -0.39 is 0 Å². The van der Waals surface area contributed by atoms with E-state index in [4.69, 9.17) is 0 Å². The van der Waals surface area contributed by atoms with Gasteiger partial charge >= 0.3 is 0 Å². The van der Waals surface area contributed by atoms with Crippen LogP contribution in [-0.2, 0) is 0 Å². The summed E-state index contributed by atoms with van der Waals surface area (Å²) in [6.45, 7) is 9.62. The highest BCUT2D eigenvalue weighted by Crippen LogP contribution is 2.21. The number of aliphatic imine (C=N–C) groups is 1. The van der Waals surface area contributed by atoms with Gasteiger partial charge in [-0.2, -0.15) is 0 Å². The average Bonchev–Trinajstić information content (AvgIpc) is 2.11. The summed E-state index contributed by atoms with van der Waals surface area (Å²) in [6, 6.07) is 0. The second kappa shape index (κ2) is 2.22. The Labute approximate surface area is 62.9 Å². The zero-order chi connectivity index (χ0) is 7.78. The molecule has 0 bridgehead atoms. The molecule has 0 atom stereocenters. The molecule has 0 fully saturated rings. The van der Waals surface area contributed by atoms with Crippen LogP contribution in [0.5, 0.6) is 0 Å². The Bertz CT molecular complexity index is 191. The van der Waals surface area contributed by atoms with Gasteiger partial charge < -0.3 is 0 Å². The van der Waals surface area contributed by atoms with Gasteiger partial charge in [-0.3, -0.25) is 4.99 Å². The molecule has 0 spiro atoms. The van der Waals surface area contributed by atoms with Crippen LogP contribution < -0.4 is 0 Å². The van der Waals surface area contributed by atoms with Crippen LogP contribution >= 0.6 is 0 Å². The molecule has 1 aliphatic rings. The lowest BCUT2D eigenvalue weighted by Gasteiger charge is -2.16. The molecule has 0 N–H and O–H groups in total. The summed E-state index contributed by atoms with van der Waals surface area (Å²) < 4.78 is 0. The minimum atomic E-state index is 0.234. The maximum Gasteiger partial charge on any atom is 0.0604 e. The Hall–Kier alpha value is -0.590. The second-order valence-corrected chi connectivity index (χ2v) is 3.94. The topological polar surface area (TPSA) is 12.4 Å². The molecule has 0 radical (unpaired) electrons. The summed E-state index contributed by atoms with van der Waals surface area (Å²) in [4.78, 5) is 4.41. The fraction of sp³-hybridized carbons (Fsp3) is 0.667. The Morgan fingerprint density at radius 3 is 2.20 bits per heavy atom. The van der Waals surface area contributed by atoms with E-state index in [1.165, 1.54) is 11.3 Å². The Kier molecular flexibility index (Phi) is 1.67. The normalized spacial score (nSPS) is 18.8. The molecule has 1 nitrogen and oxygen atoms in total. The average molecular weight is 137 g/mol. The van der Waals surface area contributed by atoms with Crippen molar-refractivity contribution in [1.82, 2.24) is 0 Å². The number of nitrogens with zero attached hydrogens (tertiary/aromatic N) is 1. The minimum absolute atomic E-state index is 0.234. The third-order valence-corrected chi connectivity index (χ3v) is 1.65. The van der Waals surface area contributed by atoms with Crippen molar-refractivity contribution in [3.05, 3.63) is 11.6 Å². The molecule has 0 amide bonds. The summed E-state index contributed by atoms with van der Waals surface area (Å²) in [7, 11) is 0. The van der Waals surface area contributed by atoms with Gasteiger partial charge in [0.2, 0.25) is 0 Å². The van der Waals surface area contributed by atoms with Crippen LogP contribution in [0.2, 0.25) is 0 Å². The fourth-order valence-corrected chi connectivity index (χ4v) is 0.988. The molecule has 0 aliphatic carbocycles. The zero-order valence-corrected chi connectivity index (χ0v) is 7.23. The molecule has 0 unspecified atom stereocenters. The Balaban J connectivity index is 2.77. The molecule has 0 saturated carbocycles. The van der Waals surface area contributed by atoms with Crippen molar-refractivity contribution in [2.75, 3.05) is 6.54 Å². The smallest absolute Gasteiger partial charge is 0.0604 e. The van der Waals surface area contributed by atoms with Gasteiger partial charge in [0.15, 0.2) is 0 Å². The van der Waals surface area contributed by atoms with Gasteiger partial charge in [0.05, 0.1) is 6.54 Å². The zero-order valence-electron chi connectivity index (χ0n) is 7.23. The predicted molar refractivity (Wildman–Crippen MR) is 45.5 cm³/mol. The van der Waals surface area contributed by atoms with E-state index in [0.717, 1.165) is 6.54 Å². The largest absolute Gasteiger partial charge is 0.285 e. The van der Waals surface area contributed by atoms with Crippen LogP contribution in [-0.4, -0.2) is 12.3 Å². The van der Waals surface area contributed by atoms with Gasteiger partial charge in [0.1, 0.15) is 0 Å². The van der Waals surface area contributed by atoms with Gasteiger partial charge in [-0.25, -0.2) is 0 Å². The molecule has 10 heavy (non-hydrogen) atoms. The molecule has 56 valence electrons. The third kappa shape index (κ3) is 1.47. The SMILES string of the molecule is CC1=CC(C(C)(C)C)=NC1. The summed E-state index contributed by atoms with van der Waals surface area (Å²) in [6.07, 6.45) is 2.19. The fourth-order valence-electron chi connectivity index (χ4n) is 0.988. The van der Waals surface area contributed by atoms with Crippen LogP contribution in [0, 0.1) is 5.41 Å². The monoisotopic (exact) mass is 137 g/mol. The predicted octanol–water partition coefficient (Wildman–Crippen LogP) is 2.43. The van der Waals surface area contributed by atoms with Gasteiger partial charge in [0.25, 0.3) is 0 Å². The van der Waals surface area contributed by atoms with Gasteiger partial charge in [-0.15, -0.1) is 0 Å². The molecule has 0 aromatic carbocycles. The lowest BCUT2D eigenvalue weighted by molar-refractivity contribution is 0.594. The van der Waals surface area contributed by atoms with E-state index in [9.17, 15) is 0 Å². The van der Waals surface area contributed by atoms with Gasteiger partial charge in [-0.1, -0.05) is 26.3 Å². The van der Waals surface area contributed by atoms with Crippen molar-refractivity contribution in [2.24, 2.45) is 10.4 Å². The highest BCUT2D eigenvalue weighted by molar-refractivity contribution is 6.01. The first kappa shape index (κ1) is 7.52. The highest BCUT2D eigenvalue weighted by Gasteiger charge is 2.19. The molecular weight excluding hydrogens is 122 g/mol. The van der Waals surface area contributed by atoms with Gasteiger partial charge in [-0.05, 0) is 13.0 Å². The van der Waals surface area contributed by atoms with Crippen LogP contribution in [0.25, 0.3) is 0 Å². The van der Waals surface area contributed by atoms with E-state index in [2.05, 4.69) is 38.8 Å². The van der Waals surface area contributed by atoms with Crippen LogP contribution in [0.15, 0.2) is 16.6 Å². The van der Waals surface area contributed by atoms with Crippen molar-refractivity contribution >= 4 is 5.71 Å². The van der Waals surface area contributed by atoms with E-state index in [-0.39, 0.29) is 5.41 Å². The van der Waals surface area contributed by atoms with Crippen molar-refractivity contribution < 1.29 is 0 Å². The number of allylic oxidation sites excluding steroid dienone is 1. The Morgan fingerprint density at radius 2 is 2.00 bits per heavy atom. The van der Waals surface area contributed by atoms with Crippen LogP contribution in [0.1, 0.15) is 27.7 Å². The maximum absolute atomic E-state index is 4.41. The molecule has 0 aromatic heterocycles. The van der Waals surface area contributed by atoms with E-state index in [1.807, 2.05) is 0 Å². The molecule has 1 heterocycles. The van der Waals surface area contributed by atoms with E-state index in [1.54, 1.807) is 0 Å². The van der Waals surface area contributed by atoms with Crippen molar-refractivity contribution in [1.29, 1.82) is 0 Å². The van der Waals surface area contributed by atoms with E-state index >= 15 is 0 Å². The first-order valence-electron chi connectivity index (χ1n) is 3.72. The van der Waals surface area contributed by atoms with Crippen molar-refractivity contribution in [2.45, 2.75) is 27.7 Å². The number of rotatable bonds is 0. The first-order chi connectivity index (χ1) is 4.50. The number of hydrogen-bond donors (Lipinski definition) is 0. The summed E-state index contributed by atoms with van der Waals surface area (Å²) in [5.41, 5.74) is 2.85. The molecular formula is C9H15N. The molecule has 1 aliphatic heterocycles. The molecule has 0 aromatic rings. The lowest BCUT2D eigenvalue weighted by Crippen LogP contribution is -2.16. The molecule has 0 saturated heterocycles. The van der Waals surface area contributed by atoms with Crippen molar-refractivity contribution in [3.8, 4) is 0 Å². The van der Waals surface area contributed by atoms with Crippen LogP contribution in [0.3, 0.4) is 0 Å². The standard InChI is InChI=1S/C9H15N/c1-7-5-8(10-6-7)9(2,3)4/h5H,6H2,1-4H3. The molecule has 1 heteroatoms. The minimum Gasteiger partial charge on any atom is -0.285 e. The number of hydrogen-bond acceptors (Lipinski definition) is 1. The Morgan fingerprint density at radius 1 is 1.40 bits per heavy atom. The quantitative estimate of drug-likeness (QED) is 0.486. The van der Waals surface area contributed by atoms with Crippen molar-refractivity contribution in [3.63, 3.8) is 0 Å². The summed E-state index contributed by atoms with van der Waals surface area (Å²) in [5.74, 6) is 0. The third-order valence-electron chi connectivity index (χ3n) is 1.65. The molecule has 1 rings (SSSR count). The summed E-state index contributed by atoms with van der Waals surface area (Å²) in [5, 5.41) is 0. The summed E-state index contributed by atoms with van der Waals surface area (Å²) >= 11 is 0. The highest BCUT2D eigenvalue weighted by atomic mass is 14.8.